The third-order valence-corrected chi connectivity index (χ3v) is 4.15. The van der Waals surface area contributed by atoms with Gasteiger partial charge in [-0.1, -0.05) is 0 Å². The molecular weight excluding hydrogens is 290 g/mol. The van der Waals surface area contributed by atoms with Crippen LogP contribution < -0.4 is 10.1 Å². The number of benzene rings is 1. The van der Waals surface area contributed by atoms with E-state index in [0.717, 1.165) is 25.9 Å². The van der Waals surface area contributed by atoms with Gasteiger partial charge in [-0.25, -0.2) is 0 Å². The van der Waals surface area contributed by atoms with Gasteiger partial charge >= 0.3 is 0 Å². The number of piperidine rings is 1. The minimum absolute atomic E-state index is 0.0600. The predicted octanol–water partition coefficient (Wildman–Crippen LogP) is 2.70. The van der Waals surface area contributed by atoms with Crippen LogP contribution in [-0.2, 0) is 0 Å². The number of carbonyl (C=O) groups excluding carboxylic acids is 1. The van der Waals surface area contributed by atoms with Crippen LogP contribution in [0.15, 0.2) is 48.8 Å². The van der Waals surface area contributed by atoms with Crippen LogP contribution in [-0.4, -0.2) is 42.0 Å². The van der Waals surface area contributed by atoms with Crippen LogP contribution in [0.2, 0.25) is 0 Å². The van der Waals surface area contributed by atoms with E-state index < -0.39 is 0 Å². The fourth-order valence-electron chi connectivity index (χ4n) is 2.77. The molecule has 0 bridgehead atoms. The number of hydrogen-bond donors (Lipinski definition) is 1. The standard InChI is InChI=1S/C18H21N3O2/c1-21(15-8-11-19-12-9-15)18(22)14-4-6-16(7-5-14)23-17-3-2-10-20-13-17/h2-7,10,13,15,19H,8-9,11-12H2,1H3. The number of aromatic nitrogens is 1. The molecule has 2 aromatic rings. The highest BCUT2D eigenvalue weighted by molar-refractivity contribution is 5.94. The van der Waals surface area contributed by atoms with Gasteiger partial charge in [0.05, 0.1) is 6.20 Å². The molecule has 1 N–H and O–H groups in total. The summed E-state index contributed by atoms with van der Waals surface area (Å²) in [4.78, 5) is 18.4. The lowest BCUT2D eigenvalue weighted by molar-refractivity contribution is 0.0703. The highest BCUT2D eigenvalue weighted by Gasteiger charge is 2.22. The molecule has 0 spiro atoms. The maximum absolute atomic E-state index is 12.6. The lowest BCUT2D eigenvalue weighted by atomic mass is 10.0. The second-order valence-electron chi connectivity index (χ2n) is 5.71. The second kappa shape index (κ2) is 7.24. The van der Waals surface area contributed by atoms with Gasteiger partial charge in [0.25, 0.3) is 5.91 Å². The van der Waals surface area contributed by atoms with E-state index in [2.05, 4.69) is 10.3 Å². The molecule has 0 aliphatic carbocycles. The molecule has 1 saturated heterocycles. The van der Waals surface area contributed by atoms with Gasteiger partial charge in [-0.15, -0.1) is 0 Å². The van der Waals surface area contributed by atoms with Crippen molar-refractivity contribution >= 4 is 5.91 Å². The van der Waals surface area contributed by atoms with Crippen LogP contribution in [0.25, 0.3) is 0 Å². The van der Waals surface area contributed by atoms with Crippen molar-refractivity contribution in [2.45, 2.75) is 18.9 Å². The van der Waals surface area contributed by atoms with Crippen molar-refractivity contribution in [2.24, 2.45) is 0 Å². The molecule has 5 nitrogen and oxygen atoms in total. The smallest absolute Gasteiger partial charge is 0.253 e. The van der Waals surface area contributed by atoms with Gasteiger partial charge < -0.3 is 15.0 Å². The minimum Gasteiger partial charge on any atom is -0.456 e. The Morgan fingerprint density at radius 3 is 2.57 bits per heavy atom. The SMILES string of the molecule is CN(C(=O)c1ccc(Oc2cccnc2)cc1)C1CCNCC1. The van der Waals surface area contributed by atoms with E-state index in [0.29, 0.717) is 23.1 Å². The normalized spacial score (nSPS) is 15.2. The summed E-state index contributed by atoms with van der Waals surface area (Å²) in [6.07, 6.45) is 5.37. The van der Waals surface area contributed by atoms with Crippen LogP contribution in [0, 0.1) is 0 Å². The Bertz CT molecular complexity index is 637. The number of hydrogen-bond acceptors (Lipinski definition) is 4. The molecule has 0 radical (unpaired) electrons. The molecule has 3 rings (SSSR count). The van der Waals surface area contributed by atoms with Crippen LogP contribution in [0.4, 0.5) is 0 Å². The Kier molecular flexibility index (Phi) is 4.88. The van der Waals surface area contributed by atoms with Crippen LogP contribution in [0.3, 0.4) is 0 Å². The summed E-state index contributed by atoms with van der Waals surface area (Å²) < 4.78 is 5.69. The molecule has 1 aliphatic rings. The monoisotopic (exact) mass is 311 g/mol. The number of ether oxygens (including phenoxy) is 1. The first-order valence-electron chi connectivity index (χ1n) is 7.90. The summed E-state index contributed by atoms with van der Waals surface area (Å²) >= 11 is 0. The van der Waals surface area contributed by atoms with E-state index in [1.54, 1.807) is 12.4 Å². The molecule has 2 heterocycles. The molecule has 1 aromatic heterocycles. The molecule has 1 fully saturated rings. The lowest BCUT2D eigenvalue weighted by Gasteiger charge is -2.31. The summed E-state index contributed by atoms with van der Waals surface area (Å²) in [5.41, 5.74) is 0.685. The van der Waals surface area contributed by atoms with Gasteiger partial charge in [0.2, 0.25) is 0 Å². The van der Waals surface area contributed by atoms with Crippen molar-refractivity contribution in [3.8, 4) is 11.5 Å². The average Bonchev–Trinajstić information content (AvgIpc) is 2.63. The number of carbonyl (C=O) groups is 1. The number of nitrogens with one attached hydrogen (secondary N) is 1. The fraction of sp³-hybridized carbons (Fsp3) is 0.333. The van der Waals surface area contributed by atoms with Crippen molar-refractivity contribution in [1.29, 1.82) is 0 Å². The van der Waals surface area contributed by atoms with Crippen molar-refractivity contribution in [3.63, 3.8) is 0 Å². The highest BCUT2D eigenvalue weighted by Crippen LogP contribution is 2.21. The summed E-state index contributed by atoms with van der Waals surface area (Å²) in [5, 5.41) is 3.32. The summed E-state index contributed by atoms with van der Waals surface area (Å²) in [6.45, 7) is 1.94. The van der Waals surface area contributed by atoms with Gasteiger partial charge in [0.15, 0.2) is 0 Å². The molecule has 120 valence electrons. The van der Waals surface area contributed by atoms with E-state index in [4.69, 9.17) is 4.74 Å². The first kappa shape index (κ1) is 15.5. The van der Waals surface area contributed by atoms with Crippen molar-refractivity contribution in [1.82, 2.24) is 15.2 Å². The maximum atomic E-state index is 12.6. The van der Waals surface area contributed by atoms with Crippen molar-refractivity contribution in [3.05, 3.63) is 54.4 Å². The lowest BCUT2D eigenvalue weighted by Crippen LogP contribution is -2.43. The summed E-state index contributed by atoms with van der Waals surface area (Å²) in [5.74, 6) is 1.43. The second-order valence-corrected chi connectivity index (χ2v) is 5.71. The zero-order valence-electron chi connectivity index (χ0n) is 13.2. The first-order valence-corrected chi connectivity index (χ1v) is 7.90. The predicted molar refractivity (Wildman–Crippen MR) is 88.7 cm³/mol. The van der Waals surface area contributed by atoms with Crippen LogP contribution in [0.1, 0.15) is 23.2 Å². The van der Waals surface area contributed by atoms with E-state index in [1.165, 1.54) is 0 Å². The fourth-order valence-corrected chi connectivity index (χ4v) is 2.77. The van der Waals surface area contributed by atoms with Gasteiger partial charge in [-0.3, -0.25) is 9.78 Å². The van der Waals surface area contributed by atoms with Crippen molar-refractivity contribution in [2.75, 3.05) is 20.1 Å². The van der Waals surface area contributed by atoms with Gasteiger partial charge in [-0.05, 0) is 62.3 Å². The third-order valence-electron chi connectivity index (χ3n) is 4.15. The minimum atomic E-state index is 0.0600. The number of pyridine rings is 1. The number of rotatable bonds is 4. The Morgan fingerprint density at radius 1 is 1.17 bits per heavy atom. The molecule has 1 aliphatic heterocycles. The topological polar surface area (TPSA) is 54.5 Å². The summed E-state index contributed by atoms with van der Waals surface area (Å²) in [6, 6.07) is 11.2. The Morgan fingerprint density at radius 2 is 1.91 bits per heavy atom. The van der Waals surface area contributed by atoms with E-state index >= 15 is 0 Å². The third kappa shape index (κ3) is 3.87. The molecular formula is C18H21N3O2. The first-order chi connectivity index (χ1) is 11.2. The molecule has 0 saturated carbocycles. The number of nitrogens with zero attached hydrogens (tertiary/aromatic N) is 2. The highest BCUT2D eigenvalue weighted by atomic mass is 16.5. The molecule has 0 unspecified atom stereocenters. The molecule has 0 atom stereocenters. The molecule has 5 heteroatoms. The number of amides is 1. The summed E-state index contributed by atoms with van der Waals surface area (Å²) in [7, 11) is 1.89. The molecule has 23 heavy (non-hydrogen) atoms. The van der Waals surface area contributed by atoms with Crippen LogP contribution >= 0.6 is 0 Å². The van der Waals surface area contributed by atoms with Crippen molar-refractivity contribution < 1.29 is 9.53 Å². The van der Waals surface area contributed by atoms with E-state index in [9.17, 15) is 4.79 Å². The quantitative estimate of drug-likeness (QED) is 0.943. The largest absolute Gasteiger partial charge is 0.456 e. The van der Waals surface area contributed by atoms with E-state index in [-0.39, 0.29) is 5.91 Å². The molecule has 1 amide bonds. The molecule has 1 aromatic carbocycles. The zero-order chi connectivity index (χ0) is 16.1. The van der Waals surface area contributed by atoms with Gasteiger partial charge in [0.1, 0.15) is 11.5 Å². The maximum Gasteiger partial charge on any atom is 0.253 e. The van der Waals surface area contributed by atoms with Crippen LogP contribution in [0.5, 0.6) is 11.5 Å². The zero-order valence-corrected chi connectivity index (χ0v) is 13.2. The average molecular weight is 311 g/mol. The Balaban J connectivity index is 1.65. The Labute approximate surface area is 136 Å². The van der Waals surface area contributed by atoms with E-state index in [1.807, 2.05) is 48.3 Å². The van der Waals surface area contributed by atoms with Gasteiger partial charge in [0, 0.05) is 24.8 Å². The Hall–Kier alpha value is -2.40. The van der Waals surface area contributed by atoms with Gasteiger partial charge in [-0.2, -0.15) is 0 Å².